The molecule has 0 aromatic heterocycles. The van der Waals surface area contributed by atoms with E-state index in [0.29, 0.717) is 28.4 Å². The molecule has 1 N–H and O–H groups in total. The number of benzene rings is 3. The average Bonchev–Trinajstić information content (AvgIpc) is 3.03. The standard InChI is InChI=1S/C24H19FN2O4/c1-30-19-10-6-15(7-11-19)21-22(26-17-5-3-4-16(25)14-17)24(29)27(23(21)28)18-8-12-20(31-2)13-9-18/h3-14,26H,1-2H3. The Balaban J connectivity index is 1.79. The molecular formula is C24H19FN2O4. The number of carbonyl (C=O) groups is 2. The van der Waals surface area contributed by atoms with E-state index in [2.05, 4.69) is 5.32 Å². The lowest BCUT2D eigenvalue weighted by Crippen LogP contribution is -2.32. The van der Waals surface area contributed by atoms with Gasteiger partial charge in [-0.2, -0.15) is 0 Å². The summed E-state index contributed by atoms with van der Waals surface area (Å²) in [5, 5.41) is 2.93. The van der Waals surface area contributed by atoms with E-state index in [1.165, 1.54) is 25.3 Å². The fourth-order valence-corrected chi connectivity index (χ4v) is 3.35. The Kier molecular flexibility index (Phi) is 5.41. The van der Waals surface area contributed by atoms with Crippen LogP contribution in [0.2, 0.25) is 0 Å². The van der Waals surface area contributed by atoms with Crippen molar-refractivity contribution in [2.24, 2.45) is 0 Å². The molecule has 0 bridgehead atoms. The lowest BCUT2D eigenvalue weighted by Gasteiger charge is -2.16. The molecule has 1 heterocycles. The van der Waals surface area contributed by atoms with Crippen molar-refractivity contribution in [1.82, 2.24) is 0 Å². The summed E-state index contributed by atoms with van der Waals surface area (Å²) in [5.74, 6) is -0.262. The van der Waals surface area contributed by atoms with Gasteiger partial charge in [0.05, 0.1) is 25.5 Å². The zero-order valence-electron chi connectivity index (χ0n) is 16.9. The second kappa shape index (κ2) is 8.31. The maximum atomic E-state index is 13.7. The van der Waals surface area contributed by atoms with Crippen LogP contribution in [0.4, 0.5) is 15.8 Å². The predicted octanol–water partition coefficient (Wildman–Crippen LogP) is 4.24. The van der Waals surface area contributed by atoms with E-state index < -0.39 is 17.6 Å². The highest BCUT2D eigenvalue weighted by Gasteiger charge is 2.40. The summed E-state index contributed by atoms with van der Waals surface area (Å²) in [6, 6.07) is 19.1. The zero-order chi connectivity index (χ0) is 22.0. The van der Waals surface area contributed by atoms with Crippen LogP contribution in [0.5, 0.6) is 11.5 Å². The lowest BCUT2D eigenvalue weighted by molar-refractivity contribution is -0.120. The van der Waals surface area contributed by atoms with E-state index in [4.69, 9.17) is 9.47 Å². The Morgan fingerprint density at radius 3 is 2.00 bits per heavy atom. The first-order valence-electron chi connectivity index (χ1n) is 9.46. The molecule has 1 aliphatic rings. The van der Waals surface area contributed by atoms with Crippen LogP contribution in [-0.2, 0) is 9.59 Å². The van der Waals surface area contributed by atoms with Crippen molar-refractivity contribution in [3.63, 3.8) is 0 Å². The van der Waals surface area contributed by atoms with E-state index >= 15 is 0 Å². The number of nitrogens with zero attached hydrogens (tertiary/aromatic N) is 1. The summed E-state index contributed by atoms with van der Waals surface area (Å²) < 4.78 is 24.0. The van der Waals surface area contributed by atoms with Crippen molar-refractivity contribution in [1.29, 1.82) is 0 Å². The predicted molar refractivity (Wildman–Crippen MR) is 115 cm³/mol. The maximum absolute atomic E-state index is 13.7. The van der Waals surface area contributed by atoms with E-state index in [9.17, 15) is 14.0 Å². The summed E-state index contributed by atoms with van der Waals surface area (Å²) in [6.07, 6.45) is 0. The van der Waals surface area contributed by atoms with Gasteiger partial charge in [0.15, 0.2) is 0 Å². The number of amides is 2. The van der Waals surface area contributed by atoms with Crippen LogP contribution in [0.3, 0.4) is 0 Å². The number of carbonyl (C=O) groups excluding carboxylic acids is 2. The molecular weight excluding hydrogens is 399 g/mol. The van der Waals surface area contributed by atoms with Crippen molar-refractivity contribution < 1.29 is 23.5 Å². The van der Waals surface area contributed by atoms with Crippen LogP contribution >= 0.6 is 0 Å². The molecule has 0 aliphatic carbocycles. The van der Waals surface area contributed by atoms with Crippen LogP contribution < -0.4 is 19.7 Å². The third-order valence-electron chi connectivity index (χ3n) is 4.89. The van der Waals surface area contributed by atoms with Gasteiger partial charge in [0.25, 0.3) is 11.8 Å². The maximum Gasteiger partial charge on any atom is 0.282 e. The second-order valence-corrected chi connectivity index (χ2v) is 6.76. The molecule has 3 aromatic rings. The number of anilines is 2. The highest BCUT2D eigenvalue weighted by Crippen LogP contribution is 2.35. The van der Waals surface area contributed by atoms with Crippen molar-refractivity contribution in [2.45, 2.75) is 0 Å². The zero-order valence-corrected chi connectivity index (χ0v) is 16.9. The van der Waals surface area contributed by atoms with Crippen molar-refractivity contribution in [3.8, 4) is 11.5 Å². The van der Waals surface area contributed by atoms with Gasteiger partial charge in [0, 0.05) is 5.69 Å². The van der Waals surface area contributed by atoms with Crippen LogP contribution in [0.15, 0.2) is 78.5 Å². The van der Waals surface area contributed by atoms with Crippen LogP contribution in [-0.4, -0.2) is 26.0 Å². The van der Waals surface area contributed by atoms with E-state index in [0.717, 1.165) is 4.90 Å². The molecule has 0 fully saturated rings. The van der Waals surface area contributed by atoms with Gasteiger partial charge in [-0.05, 0) is 60.2 Å². The number of ether oxygens (including phenoxy) is 2. The number of hydrogen-bond acceptors (Lipinski definition) is 5. The number of imide groups is 1. The summed E-state index contributed by atoms with van der Waals surface area (Å²) in [7, 11) is 3.08. The van der Waals surface area contributed by atoms with Gasteiger partial charge < -0.3 is 14.8 Å². The Morgan fingerprint density at radius 2 is 1.42 bits per heavy atom. The van der Waals surface area contributed by atoms with E-state index in [1.807, 2.05) is 0 Å². The molecule has 0 atom stereocenters. The number of halogens is 1. The first-order valence-corrected chi connectivity index (χ1v) is 9.46. The molecule has 0 radical (unpaired) electrons. The van der Waals surface area contributed by atoms with Gasteiger partial charge in [-0.1, -0.05) is 18.2 Å². The van der Waals surface area contributed by atoms with Gasteiger partial charge >= 0.3 is 0 Å². The normalized spacial score (nSPS) is 13.6. The van der Waals surface area contributed by atoms with Crippen LogP contribution in [0.1, 0.15) is 5.56 Å². The van der Waals surface area contributed by atoms with Gasteiger partial charge in [0.2, 0.25) is 0 Å². The average molecular weight is 418 g/mol. The summed E-state index contributed by atoms with van der Waals surface area (Å²) in [5.41, 5.74) is 1.55. The first kappa shape index (κ1) is 20.2. The largest absolute Gasteiger partial charge is 0.497 e. The molecule has 1 aliphatic heterocycles. The van der Waals surface area contributed by atoms with Gasteiger partial charge in [0.1, 0.15) is 23.0 Å². The SMILES string of the molecule is COc1ccc(C2=C(Nc3cccc(F)c3)C(=O)N(c3ccc(OC)cc3)C2=O)cc1. The third kappa shape index (κ3) is 3.85. The van der Waals surface area contributed by atoms with Gasteiger partial charge in [-0.3, -0.25) is 9.59 Å². The molecule has 4 rings (SSSR count). The van der Waals surface area contributed by atoms with E-state index in [1.54, 1.807) is 61.7 Å². The summed E-state index contributed by atoms with van der Waals surface area (Å²) in [6.45, 7) is 0. The van der Waals surface area contributed by atoms with E-state index in [-0.39, 0.29) is 11.3 Å². The fraction of sp³-hybridized carbons (Fsp3) is 0.0833. The molecule has 2 amide bonds. The molecule has 6 nitrogen and oxygen atoms in total. The molecule has 0 spiro atoms. The van der Waals surface area contributed by atoms with Crippen molar-refractivity contribution in [2.75, 3.05) is 24.4 Å². The minimum atomic E-state index is -0.537. The fourth-order valence-electron chi connectivity index (χ4n) is 3.35. The minimum absolute atomic E-state index is 0.0663. The molecule has 0 unspecified atom stereocenters. The van der Waals surface area contributed by atoms with Gasteiger partial charge in [-0.15, -0.1) is 0 Å². The number of rotatable bonds is 6. The highest BCUT2D eigenvalue weighted by molar-refractivity contribution is 6.46. The number of nitrogens with one attached hydrogen (secondary N) is 1. The summed E-state index contributed by atoms with van der Waals surface area (Å²) >= 11 is 0. The Bertz CT molecular complexity index is 1170. The smallest absolute Gasteiger partial charge is 0.282 e. The quantitative estimate of drug-likeness (QED) is 0.607. The van der Waals surface area contributed by atoms with Crippen LogP contribution in [0, 0.1) is 5.82 Å². The molecule has 0 saturated heterocycles. The van der Waals surface area contributed by atoms with Crippen molar-refractivity contribution in [3.05, 3.63) is 89.9 Å². The van der Waals surface area contributed by atoms with Gasteiger partial charge in [-0.25, -0.2) is 9.29 Å². The Morgan fingerprint density at radius 1 is 0.806 bits per heavy atom. The van der Waals surface area contributed by atoms with Crippen LogP contribution in [0.25, 0.3) is 5.57 Å². The molecule has 0 saturated carbocycles. The lowest BCUT2D eigenvalue weighted by atomic mass is 10.0. The highest BCUT2D eigenvalue weighted by atomic mass is 19.1. The Labute approximate surface area is 178 Å². The Hall–Kier alpha value is -4.13. The number of methoxy groups -OCH3 is 2. The molecule has 3 aromatic carbocycles. The monoisotopic (exact) mass is 418 g/mol. The van der Waals surface area contributed by atoms with Crippen molar-refractivity contribution >= 4 is 28.8 Å². The molecule has 7 heteroatoms. The second-order valence-electron chi connectivity index (χ2n) is 6.76. The molecule has 156 valence electrons. The topological polar surface area (TPSA) is 67.9 Å². The third-order valence-corrected chi connectivity index (χ3v) is 4.89. The molecule has 31 heavy (non-hydrogen) atoms. The minimum Gasteiger partial charge on any atom is -0.497 e. The first-order chi connectivity index (χ1) is 15.0. The summed E-state index contributed by atoms with van der Waals surface area (Å²) in [4.78, 5) is 27.7. The number of hydrogen-bond donors (Lipinski definition) is 1.